The summed E-state index contributed by atoms with van der Waals surface area (Å²) in [6.07, 6.45) is 3.03. The van der Waals surface area contributed by atoms with E-state index in [0.717, 1.165) is 23.4 Å². The molecule has 116 valence electrons. The second-order valence-corrected chi connectivity index (χ2v) is 8.29. The Morgan fingerprint density at radius 3 is 3.00 bits per heavy atom. The number of nitrogens with zero attached hydrogens (tertiary/aromatic N) is 2. The van der Waals surface area contributed by atoms with Crippen molar-refractivity contribution >= 4 is 32.4 Å². The molecule has 9 heteroatoms. The highest BCUT2D eigenvalue weighted by Gasteiger charge is 2.28. The topological polar surface area (TPSA) is 88.6 Å². The lowest BCUT2D eigenvalue weighted by molar-refractivity contribution is -0.124. The molecule has 0 bridgehead atoms. The quantitative estimate of drug-likeness (QED) is 0.875. The summed E-state index contributed by atoms with van der Waals surface area (Å²) in [5.74, 6) is -0.168. The fourth-order valence-electron chi connectivity index (χ4n) is 2.48. The molecule has 1 aromatic heterocycles. The second kappa shape index (κ2) is 5.64. The highest BCUT2D eigenvalue weighted by atomic mass is 32.2. The molecule has 2 aliphatic heterocycles. The smallest absolute Gasteiger partial charge is 0.255 e. The van der Waals surface area contributed by atoms with Gasteiger partial charge in [-0.3, -0.25) is 10.1 Å². The van der Waals surface area contributed by atoms with Crippen LogP contribution in [0.15, 0.2) is 0 Å². The Morgan fingerprint density at radius 1 is 1.52 bits per heavy atom. The van der Waals surface area contributed by atoms with E-state index in [-0.39, 0.29) is 5.91 Å². The van der Waals surface area contributed by atoms with Crippen LogP contribution in [-0.2, 0) is 32.5 Å². The third-order valence-electron chi connectivity index (χ3n) is 3.62. The van der Waals surface area contributed by atoms with Crippen molar-refractivity contribution in [2.75, 3.05) is 24.7 Å². The van der Waals surface area contributed by atoms with Gasteiger partial charge in [-0.25, -0.2) is 13.4 Å². The molecule has 21 heavy (non-hydrogen) atoms. The molecule has 7 nitrogen and oxygen atoms in total. The van der Waals surface area contributed by atoms with Crippen LogP contribution in [0.2, 0.25) is 0 Å². The van der Waals surface area contributed by atoms with Crippen molar-refractivity contribution in [1.82, 2.24) is 9.29 Å². The zero-order chi connectivity index (χ0) is 15.0. The molecule has 1 N–H and O–H groups in total. The van der Waals surface area contributed by atoms with Crippen molar-refractivity contribution in [2.45, 2.75) is 31.9 Å². The fraction of sp³-hybridized carbons (Fsp3) is 0.667. The molecule has 3 heterocycles. The van der Waals surface area contributed by atoms with Crippen LogP contribution in [0, 0.1) is 0 Å². The van der Waals surface area contributed by atoms with Crippen LogP contribution >= 0.6 is 11.3 Å². The monoisotopic (exact) mass is 331 g/mol. The van der Waals surface area contributed by atoms with Crippen molar-refractivity contribution in [2.24, 2.45) is 0 Å². The van der Waals surface area contributed by atoms with Crippen LogP contribution in [0.25, 0.3) is 0 Å². The van der Waals surface area contributed by atoms with E-state index in [1.165, 1.54) is 21.9 Å². The Labute approximate surface area is 127 Å². The summed E-state index contributed by atoms with van der Waals surface area (Å²) in [6, 6.07) is 0. The summed E-state index contributed by atoms with van der Waals surface area (Å²) < 4.78 is 29.9. The van der Waals surface area contributed by atoms with Crippen LogP contribution in [0.1, 0.15) is 23.4 Å². The van der Waals surface area contributed by atoms with Gasteiger partial charge < -0.3 is 4.74 Å². The number of fused-ring (bicyclic) bond motifs is 1. The molecule has 1 unspecified atom stereocenters. The molecule has 1 saturated heterocycles. The Morgan fingerprint density at radius 2 is 2.33 bits per heavy atom. The summed E-state index contributed by atoms with van der Waals surface area (Å²) in [5.41, 5.74) is 0.877. The molecule has 1 amide bonds. The SMILES string of the molecule is CS(=O)(=O)N1CCc2nc(NC(=O)C3CCCO3)sc2C1. The predicted molar refractivity (Wildman–Crippen MR) is 78.7 cm³/mol. The van der Waals surface area contributed by atoms with Gasteiger partial charge in [0.2, 0.25) is 10.0 Å². The fourth-order valence-corrected chi connectivity index (χ4v) is 4.37. The van der Waals surface area contributed by atoms with E-state index in [1.807, 2.05) is 0 Å². The first-order valence-electron chi connectivity index (χ1n) is 6.79. The van der Waals surface area contributed by atoms with Gasteiger partial charge in [-0.15, -0.1) is 11.3 Å². The van der Waals surface area contributed by atoms with Crippen molar-refractivity contribution in [1.29, 1.82) is 0 Å². The van der Waals surface area contributed by atoms with Gasteiger partial charge in [0.15, 0.2) is 5.13 Å². The predicted octanol–water partition coefficient (Wildman–Crippen LogP) is 0.578. The van der Waals surface area contributed by atoms with Crippen LogP contribution < -0.4 is 5.32 Å². The highest BCUT2D eigenvalue weighted by Crippen LogP contribution is 2.29. The van der Waals surface area contributed by atoms with E-state index in [2.05, 4.69) is 10.3 Å². The largest absolute Gasteiger partial charge is 0.368 e. The zero-order valence-corrected chi connectivity index (χ0v) is 13.3. The van der Waals surface area contributed by atoms with Gasteiger partial charge in [-0.1, -0.05) is 0 Å². The summed E-state index contributed by atoms with van der Waals surface area (Å²) in [7, 11) is -3.19. The first-order chi connectivity index (χ1) is 9.93. The maximum Gasteiger partial charge on any atom is 0.255 e. The molecule has 0 radical (unpaired) electrons. The van der Waals surface area contributed by atoms with Crippen molar-refractivity contribution < 1.29 is 17.9 Å². The molecular formula is C12H17N3O4S2. The lowest BCUT2D eigenvalue weighted by atomic mass is 10.2. The number of hydrogen-bond acceptors (Lipinski definition) is 6. The molecule has 1 aromatic rings. The number of hydrogen-bond donors (Lipinski definition) is 1. The van der Waals surface area contributed by atoms with E-state index < -0.39 is 16.1 Å². The van der Waals surface area contributed by atoms with E-state index in [9.17, 15) is 13.2 Å². The van der Waals surface area contributed by atoms with E-state index in [1.54, 1.807) is 0 Å². The maximum absolute atomic E-state index is 12.0. The van der Waals surface area contributed by atoms with Crippen LogP contribution in [0.3, 0.4) is 0 Å². The Hall–Kier alpha value is -1.03. The van der Waals surface area contributed by atoms with Crippen LogP contribution in [0.4, 0.5) is 5.13 Å². The number of sulfonamides is 1. The number of carbonyl (C=O) groups excluding carboxylic acids is 1. The van der Waals surface area contributed by atoms with Gasteiger partial charge in [-0.2, -0.15) is 4.31 Å². The number of rotatable bonds is 3. The average Bonchev–Trinajstić information content (AvgIpc) is 3.05. The molecule has 2 aliphatic rings. The molecule has 1 atom stereocenters. The first kappa shape index (κ1) is 14.9. The van der Waals surface area contributed by atoms with Gasteiger partial charge >= 0.3 is 0 Å². The van der Waals surface area contributed by atoms with Gasteiger partial charge in [0, 0.05) is 31.0 Å². The van der Waals surface area contributed by atoms with Crippen LogP contribution in [-0.4, -0.2) is 49.1 Å². The molecule has 3 rings (SSSR count). The van der Waals surface area contributed by atoms with Gasteiger partial charge in [0.1, 0.15) is 6.10 Å². The standard InChI is InChI=1S/C12H17N3O4S2/c1-21(17,18)15-5-4-8-10(7-15)20-12(13-8)14-11(16)9-3-2-6-19-9/h9H,2-7H2,1H3,(H,13,14,16). The van der Waals surface area contributed by atoms with Crippen molar-refractivity contribution in [3.63, 3.8) is 0 Å². The number of aromatic nitrogens is 1. The Balaban J connectivity index is 1.70. The number of ether oxygens (including phenoxy) is 1. The normalized spacial score (nSPS) is 23.0. The molecular weight excluding hydrogens is 314 g/mol. The highest BCUT2D eigenvalue weighted by molar-refractivity contribution is 7.88. The van der Waals surface area contributed by atoms with Crippen LogP contribution in [0.5, 0.6) is 0 Å². The second-order valence-electron chi connectivity index (χ2n) is 5.23. The maximum atomic E-state index is 12.0. The van der Waals surface area contributed by atoms with Crippen molar-refractivity contribution in [3.05, 3.63) is 10.6 Å². The summed E-state index contributed by atoms with van der Waals surface area (Å²) in [4.78, 5) is 17.3. The minimum atomic E-state index is -3.19. The lowest BCUT2D eigenvalue weighted by Crippen LogP contribution is -2.34. The number of carbonyl (C=O) groups is 1. The van der Waals surface area contributed by atoms with E-state index in [0.29, 0.717) is 31.2 Å². The van der Waals surface area contributed by atoms with Gasteiger partial charge in [-0.05, 0) is 12.8 Å². The molecule has 0 saturated carbocycles. The summed E-state index contributed by atoms with van der Waals surface area (Å²) >= 11 is 1.34. The number of nitrogens with one attached hydrogen (secondary N) is 1. The number of amides is 1. The van der Waals surface area contributed by atoms with E-state index in [4.69, 9.17) is 4.74 Å². The van der Waals surface area contributed by atoms with Gasteiger partial charge in [0.25, 0.3) is 5.91 Å². The molecule has 0 spiro atoms. The minimum Gasteiger partial charge on any atom is -0.368 e. The molecule has 1 fully saturated rings. The zero-order valence-electron chi connectivity index (χ0n) is 11.7. The molecule has 0 aromatic carbocycles. The Kier molecular flexibility index (Phi) is 4.00. The number of thiazole rings is 1. The lowest BCUT2D eigenvalue weighted by Gasteiger charge is -2.23. The third kappa shape index (κ3) is 3.25. The van der Waals surface area contributed by atoms with Crippen molar-refractivity contribution in [3.8, 4) is 0 Å². The summed E-state index contributed by atoms with van der Waals surface area (Å²) in [6.45, 7) is 1.39. The molecule has 0 aliphatic carbocycles. The van der Waals surface area contributed by atoms with E-state index >= 15 is 0 Å². The average molecular weight is 331 g/mol. The third-order valence-corrected chi connectivity index (χ3v) is 5.87. The summed E-state index contributed by atoms with van der Waals surface area (Å²) in [5, 5.41) is 3.29. The minimum absolute atomic E-state index is 0.168. The Bertz CT molecular complexity index is 649. The first-order valence-corrected chi connectivity index (χ1v) is 9.46. The van der Waals surface area contributed by atoms with Gasteiger partial charge in [0.05, 0.1) is 11.9 Å². The number of anilines is 1.